The van der Waals surface area contributed by atoms with Crippen molar-refractivity contribution in [2.45, 2.75) is 4.90 Å². The second kappa shape index (κ2) is 5.62. The molecular weight excluding hydrogens is 322 g/mol. The first-order valence-electron chi connectivity index (χ1n) is 5.47. The first kappa shape index (κ1) is 15.1. The SMILES string of the molecule is COc1cc(NS(=O)(=O)c2cn[nH]c2)c(Cl)cc1C(=O)O. The molecule has 0 unspecified atom stereocenters. The van der Waals surface area contributed by atoms with Crippen molar-refractivity contribution >= 4 is 33.3 Å². The van der Waals surface area contributed by atoms with Crippen molar-refractivity contribution in [2.24, 2.45) is 0 Å². The van der Waals surface area contributed by atoms with Crippen LogP contribution in [0.5, 0.6) is 5.75 Å². The summed E-state index contributed by atoms with van der Waals surface area (Å²) in [6.45, 7) is 0. The number of nitrogens with one attached hydrogen (secondary N) is 2. The maximum absolute atomic E-state index is 12.0. The molecule has 0 bridgehead atoms. The van der Waals surface area contributed by atoms with E-state index in [0.717, 1.165) is 12.3 Å². The van der Waals surface area contributed by atoms with Crippen LogP contribution in [0, 0.1) is 0 Å². The van der Waals surface area contributed by atoms with Gasteiger partial charge in [-0.1, -0.05) is 11.6 Å². The van der Waals surface area contributed by atoms with Crippen LogP contribution >= 0.6 is 11.6 Å². The molecule has 3 N–H and O–H groups in total. The minimum absolute atomic E-state index is 0.000262. The molecule has 21 heavy (non-hydrogen) atoms. The molecule has 112 valence electrons. The van der Waals surface area contributed by atoms with Crippen molar-refractivity contribution in [3.05, 3.63) is 35.1 Å². The summed E-state index contributed by atoms with van der Waals surface area (Å²) in [5.74, 6) is -1.25. The number of hydrogen-bond donors (Lipinski definition) is 3. The van der Waals surface area contributed by atoms with Gasteiger partial charge >= 0.3 is 5.97 Å². The summed E-state index contributed by atoms with van der Waals surface area (Å²) >= 11 is 5.90. The number of ether oxygens (including phenoxy) is 1. The third-order valence-corrected chi connectivity index (χ3v) is 4.19. The summed E-state index contributed by atoms with van der Waals surface area (Å²) in [5.41, 5.74) is -0.173. The largest absolute Gasteiger partial charge is 0.496 e. The molecule has 0 atom stereocenters. The minimum Gasteiger partial charge on any atom is -0.496 e. The molecule has 0 amide bonds. The molecule has 1 aromatic heterocycles. The smallest absolute Gasteiger partial charge is 0.339 e. The Morgan fingerprint density at radius 1 is 1.48 bits per heavy atom. The highest BCUT2D eigenvalue weighted by Crippen LogP contribution is 2.32. The highest BCUT2D eigenvalue weighted by molar-refractivity contribution is 7.92. The van der Waals surface area contributed by atoms with Crippen molar-refractivity contribution in [3.8, 4) is 5.75 Å². The Hall–Kier alpha value is -2.26. The number of aromatic nitrogens is 2. The Labute approximate surface area is 124 Å². The van der Waals surface area contributed by atoms with Gasteiger partial charge in [-0.15, -0.1) is 0 Å². The molecular formula is C11H10ClN3O5S. The first-order chi connectivity index (χ1) is 9.85. The van der Waals surface area contributed by atoms with Gasteiger partial charge in [0.05, 0.1) is 24.0 Å². The van der Waals surface area contributed by atoms with Crippen LogP contribution in [0.15, 0.2) is 29.4 Å². The number of nitrogens with zero attached hydrogens (tertiary/aromatic N) is 1. The van der Waals surface area contributed by atoms with Crippen molar-refractivity contribution < 1.29 is 23.1 Å². The average Bonchev–Trinajstić information content (AvgIpc) is 2.95. The molecule has 2 aromatic rings. The Morgan fingerprint density at radius 3 is 2.71 bits per heavy atom. The highest BCUT2D eigenvalue weighted by Gasteiger charge is 2.20. The standard InChI is InChI=1S/C11H10ClN3O5S/c1-20-10-3-9(8(12)2-7(10)11(16)17)15-21(18,19)6-4-13-14-5-6/h2-5,15H,1H3,(H,13,14)(H,16,17). The van der Waals surface area contributed by atoms with Crippen molar-refractivity contribution in [3.63, 3.8) is 0 Å². The van der Waals surface area contributed by atoms with E-state index >= 15 is 0 Å². The van der Waals surface area contributed by atoms with Gasteiger partial charge in [0.15, 0.2) is 0 Å². The van der Waals surface area contributed by atoms with Crippen LogP contribution in [-0.2, 0) is 10.0 Å². The molecule has 2 rings (SSSR count). The predicted molar refractivity (Wildman–Crippen MR) is 74.4 cm³/mol. The highest BCUT2D eigenvalue weighted by atomic mass is 35.5. The fourth-order valence-corrected chi connectivity index (χ4v) is 2.80. The van der Waals surface area contributed by atoms with Crippen LogP contribution in [-0.4, -0.2) is 36.8 Å². The van der Waals surface area contributed by atoms with E-state index in [2.05, 4.69) is 14.9 Å². The van der Waals surface area contributed by atoms with Crippen LogP contribution in [0.1, 0.15) is 10.4 Å². The number of methoxy groups -OCH3 is 1. The van der Waals surface area contributed by atoms with E-state index in [1.54, 1.807) is 0 Å². The second-order valence-electron chi connectivity index (χ2n) is 3.88. The number of hydrogen-bond acceptors (Lipinski definition) is 5. The van der Waals surface area contributed by atoms with E-state index in [1.807, 2.05) is 0 Å². The molecule has 0 fully saturated rings. The number of carboxylic acid groups (broad SMARTS) is 1. The van der Waals surface area contributed by atoms with Crippen LogP contribution in [0.2, 0.25) is 5.02 Å². The summed E-state index contributed by atoms with van der Waals surface area (Å²) in [7, 11) is -2.61. The fourth-order valence-electron chi connectivity index (χ4n) is 1.56. The lowest BCUT2D eigenvalue weighted by molar-refractivity contribution is 0.0693. The number of rotatable bonds is 5. The zero-order chi connectivity index (χ0) is 15.6. The number of benzene rings is 1. The number of aromatic amines is 1. The van der Waals surface area contributed by atoms with E-state index in [4.69, 9.17) is 21.4 Å². The summed E-state index contributed by atoms with van der Waals surface area (Å²) < 4.78 is 31.2. The molecule has 0 aliphatic rings. The molecule has 1 heterocycles. The maximum Gasteiger partial charge on any atom is 0.339 e. The van der Waals surface area contributed by atoms with Gasteiger partial charge in [0.25, 0.3) is 10.0 Å². The molecule has 0 saturated carbocycles. The van der Waals surface area contributed by atoms with E-state index in [-0.39, 0.29) is 26.9 Å². The summed E-state index contributed by atoms with van der Waals surface area (Å²) in [5, 5.41) is 14.9. The maximum atomic E-state index is 12.0. The topological polar surface area (TPSA) is 121 Å². The number of aromatic carboxylic acids is 1. The number of anilines is 1. The summed E-state index contributed by atoms with van der Waals surface area (Å²) in [6.07, 6.45) is 2.32. The molecule has 0 aliphatic carbocycles. The molecule has 0 radical (unpaired) electrons. The minimum atomic E-state index is -3.88. The molecule has 0 spiro atoms. The predicted octanol–water partition coefficient (Wildman–Crippen LogP) is 1.57. The van der Waals surface area contributed by atoms with E-state index in [1.165, 1.54) is 19.4 Å². The zero-order valence-electron chi connectivity index (χ0n) is 10.6. The Kier molecular flexibility index (Phi) is 4.05. The summed E-state index contributed by atoms with van der Waals surface area (Å²) in [4.78, 5) is 10.9. The van der Waals surface area contributed by atoms with Gasteiger partial charge in [0.2, 0.25) is 0 Å². The number of carboxylic acids is 1. The van der Waals surface area contributed by atoms with Crippen LogP contribution < -0.4 is 9.46 Å². The van der Waals surface area contributed by atoms with Gasteiger partial charge in [-0.25, -0.2) is 13.2 Å². The number of halogens is 1. The second-order valence-corrected chi connectivity index (χ2v) is 5.97. The van der Waals surface area contributed by atoms with Gasteiger partial charge in [0, 0.05) is 12.3 Å². The molecule has 10 heteroatoms. The van der Waals surface area contributed by atoms with Gasteiger partial charge in [-0.3, -0.25) is 9.82 Å². The third-order valence-electron chi connectivity index (χ3n) is 2.55. The molecule has 0 aliphatic heterocycles. The molecule has 8 nitrogen and oxygen atoms in total. The lowest BCUT2D eigenvalue weighted by Gasteiger charge is -2.12. The molecule has 0 saturated heterocycles. The van der Waals surface area contributed by atoms with E-state index in [0.29, 0.717) is 0 Å². The van der Waals surface area contributed by atoms with E-state index < -0.39 is 16.0 Å². The van der Waals surface area contributed by atoms with Crippen LogP contribution in [0.3, 0.4) is 0 Å². The Balaban J connectivity index is 2.44. The number of carbonyl (C=O) groups is 1. The lowest BCUT2D eigenvalue weighted by Crippen LogP contribution is -2.13. The van der Waals surface area contributed by atoms with Crippen molar-refractivity contribution in [2.75, 3.05) is 11.8 Å². The normalized spacial score (nSPS) is 11.1. The zero-order valence-corrected chi connectivity index (χ0v) is 12.2. The Morgan fingerprint density at radius 2 is 2.19 bits per heavy atom. The van der Waals surface area contributed by atoms with Crippen LogP contribution in [0.4, 0.5) is 5.69 Å². The van der Waals surface area contributed by atoms with Crippen molar-refractivity contribution in [1.82, 2.24) is 10.2 Å². The number of H-pyrrole nitrogens is 1. The third kappa shape index (κ3) is 3.09. The van der Waals surface area contributed by atoms with Gasteiger partial charge in [-0.05, 0) is 6.07 Å². The Bertz CT molecular complexity index is 773. The fraction of sp³-hybridized carbons (Fsp3) is 0.0909. The lowest BCUT2D eigenvalue weighted by atomic mass is 10.2. The average molecular weight is 332 g/mol. The van der Waals surface area contributed by atoms with Gasteiger partial charge in [-0.2, -0.15) is 5.10 Å². The first-order valence-corrected chi connectivity index (χ1v) is 7.33. The number of sulfonamides is 1. The summed E-state index contributed by atoms with van der Waals surface area (Å²) in [6, 6.07) is 2.30. The van der Waals surface area contributed by atoms with Gasteiger partial charge < -0.3 is 9.84 Å². The monoisotopic (exact) mass is 331 g/mol. The van der Waals surface area contributed by atoms with E-state index in [9.17, 15) is 13.2 Å². The molecule has 1 aromatic carbocycles. The van der Waals surface area contributed by atoms with Crippen molar-refractivity contribution in [1.29, 1.82) is 0 Å². The van der Waals surface area contributed by atoms with Gasteiger partial charge in [0.1, 0.15) is 16.2 Å². The quantitative estimate of drug-likeness (QED) is 0.764. The van der Waals surface area contributed by atoms with Crippen LogP contribution in [0.25, 0.3) is 0 Å².